The first-order valence-corrected chi connectivity index (χ1v) is 4.91. The molecule has 0 spiro atoms. The van der Waals surface area contributed by atoms with Crippen molar-refractivity contribution >= 4 is 21.9 Å². The highest BCUT2D eigenvalue weighted by Gasteiger charge is 2.34. The number of aliphatic carboxylic acids is 1. The molecule has 1 fully saturated rings. The number of carboxylic acid groups (broad SMARTS) is 1. The third-order valence-corrected chi connectivity index (χ3v) is 3.45. The maximum Gasteiger partial charge on any atom is 0.307 e. The molecular formula is C8H13BrO2. The molecule has 1 N–H and O–H groups in total. The van der Waals surface area contributed by atoms with Gasteiger partial charge in [0, 0.05) is 4.83 Å². The minimum absolute atomic E-state index is 0.177. The normalized spacial score (nSPS) is 38.5. The molecule has 11 heavy (non-hydrogen) atoms. The molecule has 0 aromatic rings. The van der Waals surface area contributed by atoms with Crippen LogP contribution in [0.1, 0.15) is 26.2 Å². The second-order valence-corrected chi connectivity index (χ2v) is 4.46. The molecule has 3 atom stereocenters. The Balaban J connectivity index is 2.62. The molecule has 2 nitrogen and oxygen atoms in total. The summed E-state index contributed by atoms with van der Waals surface area (Å²) in [4.78, 5) is 10.9. The number of carbonyl (C=O) groups is 1. The highest BCUT2D eigenvalue weighted by atomic mass is 79.9. The summed E-state index contributed by atoms with van der Waals surface area (Å²) in [7, 11) is 0. The molecule has 0 aliphatic heterocycles. The predicted molar refractivity (Wildman–Crippen MR) is 46.9 cm³/mol. The Morgan fingerprint density at radius 3 is 2.55 bits per heavy atom. The van der Waals surface area contributed by atoms with E-state index in [4.69, 9.17) is 5.11 Å². The molecule has 3 unspecified atom stereocenters. The zero-order valence-corrected chi connectivity index (χ0v) is 8.17. The summed E-state index contributed by atoms with van der Waals surface area (Å²) in [6.45, 7) is 2.02. The largest absolute Gasteiger partial charge is 0.481 e. The van der Waals surface area contributed by atoms with E-state index in [0.29, 0.717) is 5.92 Å². The molecule has 0 radical (unpaired) electrons. The van der Waals surface area contributed by atoms with E-state index in [1.807, 2.05) is 6.92 Å². The summed E-state index contributed by atoms with van der Waals surface area (Å²) in [6.07, 6.45) is 3.21. The van der Waals surface area contributed by atoms with Crippen LogP contribution in [-0.4, -0.2) is 15.9 Å². The number of hydrogen-bond donors (Lipinski definition) is 1. The fourth-order valence-electron chi connectivity index (χ4n) is 1.75. The van der Waals surface area contributed by atoms with Crippen LogP contribution >= 0.6 is 15.9 Å². The molecule has 3 heteroatoms. The highest BCUT2D eigenvalue weighted by Crippen LogP contribution is 2.34. The van der Waals surface area contributed by atoms with Gasteiger partial charge in [-0.15, -0.1) is 0 Å². The Morgan fingerprint density at radius 2 is 2.18 bits per heavy atom. The number of alkyl halides is 1. The van der Waals surface area contributed by atoms with Crippen molar-refractivity contribution in [3.63, 3.8) is 0 Å². The average Bonchev–Trinajstić information content (AvgIpc) is 1.85. The van der Waals surface area contributed by atoms with E-state index in [-0.39, 0.29) is 10.7 Å². The van der Waals surface area contributed by atoms with Crippen LogP contribution in [0.4, 0.5) is 0 Å². The van der Waals surface area contributed by atoms with Gasteiger partial charge in [0.05, 0.1) is 5.92 Å². The second-order valence-electron chi connectivity index (χ2n) is 3.29. The van der Waals surface area contributed by atoms with Crippen LogP contribution in [0.3, 0.4) is 0 Å². The topological polar surface area (TPSA) is 37.3 Å². The molecule has 0 aromatic heterocycles. The SMILES string of the molecule is CC1CCCC(Br)C1C(=O)O. The average molecular weight is 221 g/mol. The van der Waals surface area contributed by atoms with Crippen molar-refractivity contribution < 1.29 is 9.90 Å². The van der Waals surface area contributed by atoms with Gasteiger partial charge in [-0.2, -0.15) is 0 Å². The first-order chi connectivity index (χ1) is 5.13. The van der Waals surface area contributed by atoms with E-state index in [1.54, 1.807) is 0 Å². The summed E-state index contributed by atoms with van der Waals surface area (Å²) in [6, 6.07) is 0. The molecule has 0 bridgehead atoms. The molecule has 0 aromatic carbocycles. The van der Waals surface area contributed by atoms with Crippen molar-refractivity contribution in [3.05, 3.63) is 0 Å². The van der Waals surface area contributed by atoms with Crippen LogP contribution in [0.25, 0.3) is 0 Å². The maximum absolute atomic E-state index is 10.7. The van der Waals surface area contributed by atoms with Crippen LogP contribution in [0.5, 0.6) is 0 Å². The first kappa shape index (κ1) is 9.04. The molecule has 0 heterocycles. The highest BCUT2D eigenvalue weighted by molar-refractivity contribution is 9.09. The fourth-order valence-corrected chi connectivity index (χ4v) is 2.82. The maximum atomic E-state index is 10.7. The lowest BCUT2D eigenvalue weighted by Crippen LogP contribution is -2.33. The van der Waals surface area contributed by atoms with Gasteiger partial charge in [0.25, 0.3) is 0 Å². The van der Waals surface area contributed by atoms with E-state index in [9.17, 15) is 4.79 Å². The zero-order valence-electron chi connectivity index (χ0n) is 6.59. The van der Waals surface area contributed by atoms with Crippen molar-refractivity contribution in [2.24, 2.45) is 11.8 Å². The van der Waals surface area contributed by atoms with Gasteiger partial charge in [0.1, 0.15) is 0 Å². The minimum atomic E-state index is -0.654. The Bertz CT molecular complexity index is 148. The molecule has 1 saturated carbocycles. The molecule has 0 amide bonds. The summed E-state index contributed by atoms with van der Waals surface area (Å²) in [5, 5.41) is 8.85. The van der Waals surface area contributed by atoms with Gasteiger partial charge in [-0.1, -0.05) is 29.3 Å². The van der Waals surface area contributed by atoms with Crippen molar-refractivity contribution in [2.75, 3.05) is 0 Å². The van der Waals surface area contributed by atoms with Crippen molar-refractivity contribution in [3.8, 4) is 0 Å². The number of carboxylic acids is 1. The first-order valence-electron chi connectivity index (χ1n) is 4.00. The molecular weight excluding hydrogens is 208 g/mol. The number of hydrogen-bond acceptors (Lipinski definition) is 1. The number of rotatable bonds is 1. The standard InChI is InChI=1S/C8H13BrO2/c1-5-3-2-4-6(9)7(5)8(10)11/h5-7H,2-4H2,1H3,(H,10,11). The van der Waals surface area contributed by atoms with Gasteiger partial charge >= 0.3 is 5.97 Å². The molecule has 64 valence electrons. The predicted octanol–water partition coefficient (Wildman–Crippen LogP) is 2.27. The fraction of sp³-hybridized carbons (Fsp3) is 0.875. The van der Waals surface area contributed by atoms with E-state index in [2.05, 4.69) is 15.9 Å². The number of halogens is 1. The van der Waals surface area contributed by atoms with Crippen LogP contribution in [-0.2, 0) is 4.79 Å². The third kappa shape index (κ3) is 1.95. The van der Waals surface area contributed by atoms with Gasteiger partial charge in [0.15, 0.2) is 0 Å². The molecule has 0 saturated heterocycles. The molecule has 1 aliphatic carbocycles. The summed E-state index contributed by atoms with van der Waals surface area (Å²) in [5.74, 6) is -0.506. The second kappa shape index (κ2) is 3.57. The Morgan fingerprint density at radius 1 is 1.55 bits per heavy atom. The van der Waals surface area contributed by atoms with Crippen molar-refractivity contribution in [1.82, 2.24) is 0 Å². The van der Waals surface area contributed by atoms with Gasteiger partial charge in [-0.25, -0.2) is 0 Å². The van der Waals surface area contributed by atoms with E-state index >= 15 is 0 Å². The van der Waals surface area contributed by atoms with Crippen LogP contribution in [0.2, 0.25) is 0 Å². The van der Waals surface area contributed by atoms with E-state index in [0.717, 1.165) is 19.3 Å². The van der Waals surface area contributed by atoms with Crippen LogP contribution in [0, 0.1) is 11.8 Å². The lowest BCUT2D eigenvalue weighted by atomic mass is 9.80. The smallest absolute Gasteiger partial charge is 0.307 e. The Kier molecular flexibility index (Phi) is 2.93. The molecule has 1 aliphatic rings. The summed E-state index contributed by atoms with van der Waals surface area (Å²) in [5.41, 5.74) is 0. The lowest BCUT2D eigenvalue weighted by Gasteiger charge is -2.29. The van der Waals surface area contributed by atoms with Gasteiger partial charge in [-0.05, 0) is 18.8 Å². The lowest BCUT2D eigenvalue weighted by molar-refractivity contribution is -0.144. The van der Waals surface area contributed by atoms with Crippen LogP contribution < -0.4 is 0 Å². The van der Waals surface area contributed by atoms with E-state index in [1.165, 1.54) is 0 Å². The summed E-state index contributed by atoms with van der Waals surface area (Å²) < 4.78 is 0. The van der Waals surface area contributed by atoms with E-state index < -0.39 is 5.97 Å². The summed E-state index contributed by atoms with van der Waals surface area (Å²) >= 11 is 3.41. The molecule has 1 rings (SSSR count). The van der Waals surface area contributed by atoms with Crippen molar-refractivity contribution in [2.45, 2.75) is 31.0 Å². The quantitative estimate of drug-likeness (QED) is 0.689. The Labute approximate surface area is 75.1 Å². The van der Waals surface area contributed by atoms with Crippen molar-refractivity contribution in [1.29, 1.82) is 0 Å². The van der Waals surface area contributed by atoms with Gasteiger partial charge < -0.3 is 5.11 Å². The third-order valence-electron chi connectivity index (χ3n) is 2.43. The van der Waals surface area contributed by atoms with Gasteiger partial charge in [0.2, 0.25) is 0 Å². The zero-order chi connectivity index (χ0) is 8.43. The monoisotopic (exact) mass is 220 g/mol. The van der Waals surface area contributed by atoms with Crippen LogP contribution in [0.15, 0.2) is 0 Å². The minimum Gasteiger partial charge on any atom is -0.481 e. The Hall–Kier alpha value is -0.0500. The van der Waals surface area contributed by atoms with Gasteiger partial charge in [-0.3, -0.25) is 4.79 Å².